The molecular weight excluding hydrogens is 368 g/mol. The Morgan fingerprint density at radius 2 is 1.89 bits per heavy atom. The van der Waals surface area contributed by atoms with E-state index in [0.29, 0.717) is 10.7 Å². The number of hydrogen-bond donors (Lipinski definition) is 2. The van der Waals surface area contributed by atoms with E-state index < -0.39 is 24.5 Å². The van der Waals surface area contributed by atoms with E-state index in [2.05, 4.69) is 10.6 Å². The summed E-state index contributed by atoms with van der Waals surface area (Å²) in [7, 11) is 0. The van der Waals surface area contributed by atoms with Gasteiger partial charge in [-0.1, -0.05) is 41.4 Å². The molecule has 0 saturated heterocycles. The largest absolute Gasteiger partial charge is 0.452 e. The van der Waals surface area contributed by atoms with Crippen LogP contribution in [0.5, 0.6) is 0 Å². The zero-order chi connectivity index (χ0) is 19.8. The van der Waals surface area contributed by atoms with Crippen molar-refractivity contribution in [1.29, 1.82) is 0 Å². The summed E-state index contributed by atoms with van der Waals surface area (Å²) in [4.78, 5) is 35.2. The maximum absolute atomic E-state index is 11.8. The van der Waals surface area contributed by atoms with E-state index in [0.717, 1.165) is 16.7 Å². The van der Waals surface area contributed by atoms with Crippen LogP contribution in [-0.4, -0.2) is 24.5 Å². The van der Waals surface area contributed by atoms with E-state index in [9.17, 15) is 14.4 Å². The van der Waals surface area contributed by atoms with Crippen LogP contribution in [0.15, 0.2) is 48.5 Å². The molecule has 3 amide bonds. The molecule has 0 aliphatic rings. The van der Waals surface area contributed by atoms with Gasteiger partial charge in [-0.25, -0.2) is 9.59 Å². The van der Waals surface area contributed by atoms with Crippen LogP contribution in [0.3, 0.4) is 0 Å². The van der Waals surface area contributed by atoms with Gasteiger partial charge in [-0.3, -0.25) is 10.1 Å². The molecule has 0 aliphatic heterocycles. The zero-order valence-electron chi connectivity index (χ0n) is 14.9. The van der Waals surface area contributed by atoms with Crippen molar-refractivity contribution in [3.8, 4) is 0 Å². The summed E-state index contributed by atoms with van der Waals surface area (Å²) >= 11 is 5.85. The van der Waals surface area contributed by atoms with Crippen LogP contribution in [0.1, 0.15) is 16.7 Å². The lowest BCUT2D eigenvalue weighted by Gasteiger charge is -2.09. The molecule has 2 N–H and O–H groups in total. The predicted molar refractivity (Wildman–Crippen MR) is 105 cm³/mol. The highest BCUT2D eigenvalue weighted by Crippen LogP contribution is 2.15. The summed E-state index contributed by atoms with van der Waals surface area (Å²) in [6.07, 6.45) is 2.69. The third-order valence-corrected chi connectivity index (χ3v) is 3.72. The van der Waals surface area contributed by atoms with Crippen LogP contribution in [0.25, 0.3) is 6.08 Å². The smallest absolute Gasteiger partial charge is 0.331 e. The lowest BCUT2D eigenvalue weighted by molar-refractivity contribution is -0.143. The molecule has 0 bridgehead atoms. The number of benzene rings is 2. The van der Waals surface area contributed by atoms with Crippen LogP contribution in [0.4, 0.5) is 10.5 Å². The minimum atomic E-state index is -0.734. The number of aryl methyl sites for hydroxylation is 2. The molecule has 0 aromatic heterocycles. The third kappa shape index (κ3) is 6.95. The number of halogens is 1. The summed E-state index contributed by atoms with van der Waals surface area (Å²) in [6, 6.07) is 11.7. The predicted octanol–water partition coefficient (Wildman–Crippen LogP) is 3.86. The van der Waals surface area contributed by atoms with Crippen LogP contribution in [-0.2, 0) is 14.3 Å². The van der Waals surface area contributed by atoms with Crippen molar-refractivity contribution in [2.45, 2.75) is 13.8 Å². The van der Waals surface area contributed by atoms with E-state index in [4.69, 9.17) is 16.3 Å². The molecule has 0 saturated carbocycles. The molecule has 2 aromatic rings. The molecule has 0 radical (unpaired) electrons. The van der Waals surface area contributed by atoms with Gasteiger partial charge in [0.15, 0.2) is 6.61 Å². The van der Waals surface area contributed by atoms with Gasteiger partial charge in [0, 0.05) is 16.8 Å². The minimum Gasteiger partial charge on any atom is -0.452 e. The Balaban J connectivity index is 1.78. The highest BCUT2D eigenvalue weighted by atomic mass is 35.5. The summed E-state index contributed by atoms with van der Waals surface area (Å²) in [5.41, 5.74) is 3.24. The van der Waals surface area contributed by atoms with Crippen molar-refractivity contribution in [3.63, 3.8) is 0 Å². The molecule has 0 aliphatic carbocycles. The molecule has 27 heavy (non-hydrogen) atoms. The van der Waals surface area contributed by atoms with Gasteiger partial charge in [0.1, 0.15) is 0 Å². The normalized spacial score (nSPS) is 10.5. The van der Waals surface area contributed by atoms with E-state index >= 15 is 0 Å². The molecule has 0 atom stereocenters. The second-order valence-corrected chi connectivity index (χ2v) is 6.25. The highest BCUT2D eigenvalue weighted by molar-refractivity contribution is 6.30. The first kappa shape index (κ1) is 20.2. The quantitative estimate of drug-likeness (QED) is 0.603. The van der Waals surface area contributed by atoms with Crippen molar-refractivity contribution in [2.75, 3.05) is 11.9 Å². The Labute approximate surface area is 162 Å². The SMILES string of the molecule is Cc1ccc(NC(=O)NC(=O)COC(=O)/C=C/c2cccc(Cl)c2)c(C)c1. The number of imide groups is 1. The molecule has 0 heterocycles. The molecule has 0 spiro atoms. The topological polar surface area (TPSA) is 84.5 Å². The average molecular weight is 387 g/mol. The first-order valence-electron chi connectivity index (χ1n) is 8.12. The molecule has 6 nitrogen and oxygen atoms in total. The number of hydrogen-bond acceptors (Lipinski definition) is 4. The van der Waals surface area contributed by atoms with Crippen molar-refractivity contribution in [3.05, 3.63) is 70.3 Å². The first-order valence-corrected chi connectivity index (χ1v) is 8.50. The van der Waals surface area contributed by atoms with Gasteiger partial charge in [-0.05, 0) is 49.2 Å². The van der Waals surface area contributed by atoms with Gasteiger partial charge in [-0.2, -0.15) is 0 Å². The Morgan fingerprint density at radius 1 is 1.11 bits per heavy atom. The Hall–Kier alpha value is -3.12. The maximum Gasteiger partial charge on any atom is 0.331 e. The fourth-order valence-electron chi connectivity index (χ4n) is 2.23. The van der Waals surface area contributed by atoms with Crippen molar-refractivity contribution >= 4 is 41.3 Å². The van der Waals surface area contributed by atoms with E-state index in [1.165, 1.54) is 12.2 Å². The second kappa shape index (κ2) is 9.54. The average Bonchev–Trinajstić information content (AvgIpc) is 2.60. The number of carbonyl (C=O) groups is 3. The minimum absolute atomic E-state index is 0.541. The van der Waals surface area contributed by atoms with Gasteiger partial charge < -0.3 is 10.1 Å². The van der Waals surface area contributed by atoms with Crippen molar-refractivity contribution in [2.24, 2.45) is 0 Å². The molecular formula is C20H19ClN2O4. The van der Waals surface area contributed by atoms with Gasteiger partial charge in [0.25, 0.3) is 5.91 Å². The Bertz CT molecular complexity index is 893. The number of nitrogens with one attached hydrogen (secondary N) is 2. The van der Waals surface area contributed by atoms with Crippen LogP contribution >= 0.6 is 11.6 Å². The summed E-state index contributed by atoms with van der Waals surface area (Å²) in [5.74, 6) is -1.44. The zero-order valence-corrected chi connectivity index (χ0v) is 15.7. The van der Waals surface area contributed by atoms with Crippen LogP contribution in [0, 0.1) is 13.8 Å². The van der Waals surface area contributed by atoms with Gasteiger partial charge in [0.2, 0.25) is 0 Å². The summed E-state index contributed by atoms with van der Waals surface area (Å²) in [5, 5.41) is 5.21. The van der Waals surface area contributed by atoms with Gasteiger partial charge in [-0.15, -0.1) is 0 Å². The lowest BCUT2D eigenvalue weighted by Crippen LogP contribution is -2.37. The summed E-state index contributed by atoms with van der Waals surface area (Å²) in [6.45, 7) is 3.22. The molecule has 0 fully saturated rings. The monoisotopic (exact) mass is 386 g/mol. The number of anilines is 1. The molecule has 2 aromatic carbocycles. The second-order valence-electron chi connectivity index (χ2n) is 5.82. The van der Waals surface area contributed by atoms with E-state index in [1.807, 2.05) is 26.0 Å². The summed E-state index contributed by atoms with van der Waals surface area (Å²) < 4.78 is 4.80. The molecule has 0 unspecified atom stereocenters. The van der Waals surface area contributed by atoms with E-state index in [-0.39, 0.29) is 0 Å². The highest BCUT2D eigenvalue weighted by Gasteiger charge is 2.11. The van der Waals surface area contributed by atoms with Crippen molar-refractivity contribution < 1.29 is 19.1 Å². The van der Waals surface area contributed by atoms with Gasteiger partial charge >= 0.3 is 12.0 Å². The van der Waals surface area contributed by atoms with E-state index in [1.54, 1.807) is 30.3 Å². The Morgan fingerprint density at radius 3 is 2.59 bits per heavy atom. The standard InChI is InChI=1S/C20H19ClN2O4/c1-13-6-8-17(14(2)10-13)22-20(26)23-18(24)12-27-19(25)9-7-15-4-3-5-16(21)11-15/h3-11H,12H2,1-2H3,(H2,22,23,24,26)/b9-7+. The number of amides is 3. The number of carbonyl (C=O) groups excluding carboxylic acids is 3. The lowest BCUT2D eigenvalue weighted by atomic mass is 10.1. The first-order chi connectivity index (χ1) is 12.8. The number of rotatable bonds is 5. The van der Waals surface area contributed by atoms with Crippen LogP contribution in [0.2, 0.25) is 5.02 Å². The number of ether oxygens (including phenoxy) is 1. The number of urea groups is 1. The number of esters is 1. The maximum atomic E-state index is 11.8. The fraction of sp³-hybridized carbons (Fsp3) is 0.150. The fourth-order valence-corrected chi connectivity index (χ4v) is 2.43. The third-order valence-electron chi connectivity index (χ3n) is 3.49. The molecule has 2 rings (SSSR count). The molecule has 140 valence electrons. The molecule has 7 heteroatoms. The van der Waals surface area contributed by atoms with Gasteiger partial charge in [0.05, 0.1) is 0 Å². The van der Waals surface area contributed by atoms with Crippen molar-refractivity contribution in [1.82, 2.24) is 5.32 Å². The van der Waals surface area contributed by atoms with Crippen LogP contribution < -0.4 is 10.6 Å². The Kier molecular flexibility index (Phi) is 7.14.